The van der Waals surface area contributed by atoms with Gasteiger partial charge in [-0.3, -0.25) is 9.69 Å². The number of amides is 1. The maximum absolute atomic E-state index is 13.2. The summed E-state index contributed by atoms with van der Waals surface area (Å²) in [7, 11) is 0. The normalized spacial score (nSPS) is 14.8. The Balaban J connectivity index is 1.20. The van der Waals surface area contributed by atoms with E-state index in [1.807, 2.05) is 42.2 Å². The lowest BCUT2D eigenvalue weighted by Gasteiger charge is -2.34. The summed E-state index contributed by atoms with van der Waals surface area (Å²) >= 11 is 3.26. The lowest BCUT2D eigenvalue weighted by Crippen LogP contribution is -2.48. The van der Waals surface area contributed by atoms with Crippen molar-refractivity contribution in [3.8, 4) is 0 Å². The second-order valence-electron chi connectivity index (χ2n) is 7.72. The quantitative estimate of drug-likeness (QED) is 0.394. The first-order chi connectivity index (χ1) is 15.7. The van der Waals surface area contributed by atoms with Gasteiger partial charge in [0.2, 0.25) is 0 Å². The van der Waals surface area contributed by atoms with Crippen LogP contribution in [-0.2, 0) is 12.3 Å². The van der Waals surface area contributed by atoms with E-state index in [-0.39, 0.29) is 5.91 Å². The highest BCUT2D eigenvalue weighted by molar-refractivity contribution is 7.98. The van der Waals surface area contributed by atoms with Crippen molar-refractivity contribution in [2.45, 2.75) is 24.2 Å². The van der Waals surface area contributed by atoms with Crippen molar-refractivity contribution >= 4 is 39.2 Å². The Labute approximate surface area is 194 Å². The summed E-state index contributed by atoms with van der Waals surface area (Å²) in [6, 6.07) is 13.8. The van der Waals surface area contributed by atoms with E-state index >= 15 is 0 Å². The summed E-state index contributed by atoms with van der Waals surface area (Å²) in [6.07, 6.45) is 1.73. The SMILES string of the molecule is Cc1cc(CSc2ncccc2C(=O)N2CCN(Cc3nc4ccccc4s3)CC2)no1. The maximum Gasteiger partial charge on any atom is 0.256 e. The number of thiazole rings is 1. The highest BCUT2D eigenvalue weighted by atomic mass is 32.2. The van der Waals surface area contributed by atoms with Crippen LogP contribution in [-0.4, -0.2) is 57.0 Å². The smallest absolute Gasteiger partial charge is 0.256 e. The monoisotopic (exact) mass is 465 g/mol. The Morgan fingerprint density at radius 1 is 1.16 bits per heavy atom. The number of fused-ring (bicyclic) bond motifs is 1. The van der Waals surface area contributed by atoms with Crippen molar-refractivity contribution < 1.29 is 9.32 Å². The molecule has 0 aliphatic carbocycles. The number of hydrogen-bond donors (Lipinski definition) is 0. The van der Waals surface area contributed by atoms with Crippen LogP contribution in [0, 0.1) is 6.92 Å². The molecule has 0 N–H and O–H groups in total. The van der Waals surface area contributed by atoms with Gasteiger partial charge in [-0.1, -0.05) is 29.1 Å². The van der Waals surface area contributed by atoms with Crippen LogP contribution in [0.2, 0.25) is 0 Å². The van der Waals surface area contributed by atoms with E-state index in [4.69, 9.17) is 9.51 Å². The fourth-order valence-corrected chi connectivity index (χ4v) is 5.63. The number of para-hydroxylation sites is 1. The van der Waals surface area contributed by atoms with Crippen molar-refractivity contribution in [2.75, 3.05) is 26.2 Å². The minimum Gasteiger partial charge on any atom is -0.361 e. The van der Waals surface area contributed by atoms with Gasteiger partial charge in [-0.2, -0.15) is 0 Å². The number of carbonyl (C=O) groups is 1. The molecule has 164 valence electrons. The third kappa shape index (κ3) is 4.69. The van der Waals surface area contributed by atoms with E-state index in [1.54, 1.807) is 17.5 Å². The molecule has 0 radical (unpaired) electrons. The second kappa shape index (κ2) is 9.40. The van der Waals surface area contributed by atoms with Gasteiger partial charge in [0.1, 0.15) is 15.8 Å². The van der Waals surface area contributed by atoms with Gasteiger partial charge >= 0.3 is 0 Å². The zero-order chi connectivity index (χ0) is 21.9. The van der Waals surface area contributed by atoms with Crippen LogP contribution in [0.4, 0.5) is 0 Å². The summed E-state index contributed by atoms with van der Waals surface area (Å²) in [6.45, 7) is 5.77. The van der Waals surface area contributed by atoms with Gasteiger partial charge in [0.05, 0.1) is 28.0 Å². The molecular weight excluding hydrogens is 442 g/mol. The first-order valence-corrected chi connectivity index (χ1v) is 12.3. The molecule has 3 aromatic heterocycles. The molecule has 5 rings (SSSR count). The number of piperazine rings is 1. The molecule has 4 aromatic rings. The molecule has 4 heterocycles. The van der Waals surface area contributed by atoms with Crippen LogP contribution in [0.5, 0.6) is 0 Å². The average molecular weight is 466 g/mol. The fourth-order valence-electron chi connectivity index (χ4n) is 3.76. The summed E-state index contributed by atoms with van der Waals surface area (Å²) in [5, 5.41) is 5.88. The molecule has 0 unspecified atom stereocenters. The Morgan fingerprint density at radius 2 is 2.00 bits per heavy atom. The molecule has 0 saturated carbocycles. The predicted octanol–water partition coefficient (Wildman–Crippen LogP) is 4.24. The molecule has 1 fully saturated rings. The zero-order valence-corrected chi connectivity index (χ0v) is 19.4. The molecule has 1 aliphatic heterocycles. The summed E-state index contributed by atoms with van der Waals surface area (Å²) in [5.41, 5.74) is 2.56. The van der Waals surface area contributed by atoms with Crippen molar-refractivity contribution in [1.82, 2.24) is 24.9 Å². The average Bonchev–Trinajstić information content (AvgIpc) is 3.43. The Morgan fingerprint density at radius 3 is 2.78 bits per heavy atom. The lowest BCUT2D eigenvalue weighted by atomic mass is 10.2. The van der Waals surface area contributed by atoms with E-state index in [0.717, 1.165) is 46.6 Å². The number of nitrogens with zero attached hydrogens (tertiary/aromatic N) is 5. The molecule has 0 spiro atoms. The van der Waals surface area contributed by atoms with Crippen molar-refractivity contribution in [3.05, 3.63) is 70.7 Å². The number of aryl methyl sites for hydroxylation is 1. The molecule has 1 aromatic carbocycles. The van der Waals surface area contributed by atoms with E-state index in [2.05, 4.69) is 27.2 Å². The topological polar surface area (TPSA) is 75.4 Å². The molecule has 32 heavy (non-hydrogen) atoms. The number of pyridine rings is 1. The number of benzene rings is 1. The second-order valence-corrected chi connectivity index (χ2v) is 9.80. The third-order valence-corrected chi connectivity index (χ3v) is 7.45. The molecule has 1 saturated heterocycles. The molecule has 0 atom stereocenters. The predicted molar refractivity (Wildman–Crippen MR) is 126 cm³/mol. The van der Waals surface area contributed by atoms with E-state index in [1.165, 1.54) is 16.5 Å². The lowest BCUT2D eigenvalue weighted by molar-refractivity contribution is 0.0624. The summed E-state index contributed by atoms with van der Waals surface area (Å²) < 4.78 is 6.35. The Bertz CT molecular complexity index is 1200. The van der Waals surface area contributed by atoms with Gasteiger partial charge in [-0.25, -0.2) is 9.97 Å². The Kier molecular flexibility index (Phi) is 6.20. The van der Waals surface area contributed by atoms with Crippen molar-refractivity contribution in [1.29, 1.82) is 0 Å². The molecule has 0 bridgehead atoms. The first kappa shape index (κ1) is 21.1. The molecular formula is C23H23N5O2S2. The number of hydrogen-bond acceptors (Lipinski definition) is 8. The van der Waals surface area contributed by atoms with Crippen LogP contribution in [0.3, 0.4) is 0 Å². The number of carbonyl (C=O) groups excluding carboxylic acids is 1. The van der Waals surface area contributed by atoms with Crippen molar-refractivity contribution in [3.63, 3.8) is 0 Å². The van der Waals surface area contributed by atoms with Crippen molar-refractivity contribution in [2.24, 2.45) is 0 Å². The van der Waals surface area contributed by atoms with Gasteiger partial charge in [0.25, 0.3) is 5.91 Å². The minimum atomic E-state index is 0.0385. The van der Waals surface area contributed by atoms with Gasteiger partial charge in [0, 0.05) is 44.2 Å². The van der Waals surface area contributed by atoms with Crippen LogP contribution >= 0.6 is 23.1 Å². The van der Waals surface area contributed by atoms with E-state index < -0.39 is 0 Å². The summed E-state index contributed by atoms with van der Waals surface area (Å²) in [4.78, 5) is 26.7. The minimum absolute atomic E-state index is 0.0385. The van der Waals surface area contributed by atoms with Crippen LogP contribution in [0.25, 0.3) is 10.2 Å². The molecule has 7 nitrogen and oxygen atoms in total. The zero-order valence-electron chi connectivity index (χ0n) is 17.7. The van der Waals surface area contributed by atoms with Crippen LogP contribution in [0.1, 0.15) is 26.8 Å². The highest BCUT2D eigenvalue weighted by Gasteiger charge is 2.25. The number of rotatable bonds is 6. The molecule has 9 heteroatoms. The Hall–Kier alpha value is -2.75. The van der Waals surface area contributed by atoms with Gasteiger partial charge in [-0.05, 0) is 31.2 Å². The summed E-state index contributed by atoms with van der Waals surface area (Å²) in [5.74, 6) is 1.43. The van der Waals surface area contributed by atoms with Crippen LogP contribution in [0.15, 0.2) is 58.2 Å². The highest BCUT2D eigenvalue weighted by Crippen LogP contribution is 2.26. The molecule has 1 amide bonds. The fraction of sp³-hybridized carbons (Fsp3) is 0.304. The maximum atomic E-state index is 13.2. The number of aromatic nitrogens is 3. The van der Waals surface area contributed by atoms with Gasteiger partial charge in [-0.15, -0.1) is 11.3 Å². The largest absolute Gasteiger partial charge is 0.361 e. The van der Waals surface area contributed by atoms with E-state index in [9.17, 15) is 4.79 Å². The first-order valence-electron chi connectivity index (χ1n) is 10.5. The molecule has 1 aliphatic rings. The third-order valence-electron chi connectivity index (χ3n) is 5.39. The number of thioether (sulfide) groups is 1. The van der Waals surface area contributed by atoms with E-state index in [0.29, 0.717) is 24.4 Å². The van der Waals surface area contributed by atoms with Gasteiger partial charge < -0.3 is 9.42 Å². The standard InChI is InChI=1S/C23H23N5O2S2/c1-16-13-17(26-30-16)15-31-22-18(5-4-8-24-22)23(29)28-11-9-27(10-12-28)14-21-25-19-6-2-3-7-20(19)32-21/h2-8,13H,9-12,14-15H2,1H3. The van der Waals surface area contributed by atoms with Crippen LogP contribution < -0.4 is 0 Å². The van der Waals surface area contributed by atoms with Gasteiger partial charge in [0.15, 0.2) is 0 Å².